The van der Waals surface area contributed by atoms with Crippen molar-refractivity contribution in [1.29, 1.82) is 0 Å². The SMILES string of the molecule is CC(C)c1nc(CNCC(C)N(C)C)cs1. The second-order valence-electron chi connectivity index (χ2n) is 4.78. The van der Waals surface area contributed by atoms with Crippen molar-refractivity contribution < 1.29 is 0 Å². The van der Waals surface area contributed by atoms with E-state index >= 15 is 0 Å². The summed E-state index contributed by atoms with van der Waals surface area (Å²) in [7, 11) is 4.21. The van der Waals surface area contributed by atoms with E-state index in [2.05, 4.69) is 55.4 Å². The third-order valence-electron chi connectivity index (χ3n) is 2.69. The molecule has 0 radical (unpaired) electrons. The summed E-state index contributed by atoms with van der Waals surface area (Å²) in [6.45, 7) is 8.46. The van der Waals surface area contributed by atoms with Crippen LogP contribution in [0, 0.1) is 0 Å². The van der Waals surface area contributed by atoms with Crippen LogP contribution in [0.2, 0.25) is 0 Å². The Labute approximate surface area is 103 Å². The lowest BCUT2D eigenvalue weighted by Crippen LogP contribution is -2.35. The van der Waals surface area contributed by atoms with Crippen LogP contribution < -0.4 is 5.32 Å². The zero-order valence-corrected chi connectivity index (χ0v) is 11.8. The predicted octanol–water partition coefficient (Wildman–Crippen LogP) is 2.31. The third kappa shape index (κ3) is 4.20. The molecule has 0 fully saturated rings. The average molecular weight is 241 g/mol. The second kappa shape index (κ2) is 6.33. The molecule has 1 aromatic rings. The molecule has 0 amide bonds. The molecule has 4 heteroatoms. The smallest absolute Gasteiger partial charge is 0.0954 e. The van der Waals surface area contributed by atoms with Crippen molar-refractivity contribution >= 4 is 11.3 Å². The molecule has 0 bridgehead atoms. The van der Waals surface area contributed by atoms with Crippen LogP contribution in [-0.2, 0) is 6.54 Å². The van der Waals surface area contributed by atoms with Crippen molar-refractivity contribution in [3.8, 4) is 0 Å². The molecular weight excluding hydrogens is 218 g/mol. The van der Waals surface area contributed by atoms with Gasteiger partial charge in [0.2, 0.25) is 0 Å². The highest BCUT2D eigenvalue weighted by molar-refractivity contribution is 7.09. The van der Waals surface area contributed by atoms with Crippen LogP contribution >= 0.6 is 11.3 Å². The van der Waals surface area contributed by atoms with Gasteiger partial charge in [0.1, 0.15) is 0 Å². The molecule has 0 saturated heterocycles. The van der Waals surface area contributed by atoms with Crippen molar-refractivity contribution in [3.05, 3.63) is 16.1 Å². The van der Waals surface area contributed by atoms with Crippen LogP contribution in [0.5, 0.6) is 0 Å². The Balaban J connectivity index is 2.32. The van der Waals surface area contributed by atoms with Gasteiger partial charge in [-0.2, -0.15) is 0 Å². The fraction of sp³-hybridized carbons (Fsp3) is 0.750. The third-order valence-corrected chi connectivity index (χ3v) is 3.88. The zero-order chi connectivity index (χ0) is 12.1. The van der Waals surface area contributed by atoms with Gasteiger partial charge in [0.15, 0.2) is 0 Å². The number of rotatable bonds is 6. The standard InChI is InChI=1S/C12H23N3S/c1-9(2)12-14-11(8-16-12)7-13-6-10(3)15(4)5/h8-10,13H,6-7H2,1-5H3. The molecule has 1 N–H and O–H groups in total. The Morgan fingerprint density at radius 1 is 1.38 bits per heavy atom. The van der Waals surface area contributed by atoms with Crippen LogP contribution in [-0.4, -0.2) is 36.6 Å². The van der Waals surface area contributed by atoms with Crippen LogP contribution in [0.4, 0.5) is 0 Å². The molecule has 0 spiro atoms. The highest BCUT2D eigenvalue weighted by Crippen LogP contribution is 2.18. The minimum atomic E-state index is 0.541. The maximum absolute atomic E-state index is 4.59. The van der Waals surface area contributed by atoms with Gasteiger partial charge >= 0.3 is 0 Å². The Hall–Kier alpha value is -0.450. The molecule has 0 aliphatic heterocycles. The lowest BCUT2D eigenvalue weighted by molar-refractivity contribution is 0.302. The maximum atomic E-state index is 4.59. The number of likely N-dealkylation sites (N-methyl/N-ethyl adjacent to an activating group) is 1. The summed E-state index contributed by atoms with van der Waals surface area (Å²) in [5.74, 6) is 0.541. The van der Waals surface area contributed by atoms with Gasteiger partial charge < -0.3 is 10.2 Å². The average Bonchev–Trinajstić information content (AvgIpc) is 2.66. The number of hydrogen-bond acceptors (Lipinski definition) is 4. The van der Waals surface area contributed by atoms with E-state index in [0.717, 1.165) is 13.1 Å². The molecular formula is C12H23N3S. The molecule has 1 heterocycles. The fourth-order valence-electron chi connectivity index (χ4n) is 1.26. The van der Waals surface area contributed by atoms with E-state index in [4.69, 9.17) is 0 Å². The van der Waals surface area contributed by atoms with Gasteiger partial charge in [-0.25, -0.2) is 4.98 Å². The van der Waals surface area contributed by atoms with Gasteiger partial charge in [-0.05, 0) is 21.0 Å². The molecule has 0 aliphatic carbocycles. The highest BCUT2D eigenvalue weighted by Gasteiger charge is 2.07. The largest absolute Gasteiger partial charge is 0.310 e. The highest BCUT2D eigenvalue weighted by atomic mass is 32.1. The van der Waals surface area contributed by atoms with Crippen molar-refractivity contribution in [2.75, 3.05) is 20.6 Å². The zero-order valence-electron chi connectivity index (χ0n) is 10.9. The summed E-state index contributed by atoms with van der Waals surface area (Å²) in [5, 5.41) is 6.83. The van der Waals surface area contributed by atoms with E-state index in [1.807, 2.05) is 0 Å². The van der Waals surface area contributed by atoms with Gasteiger partial charge in [0.25, 0.3) is 0 Å². The molecule has 16 heavy (non-hydrogen) atoms. The molecule has 3 nitrogen and oxygen atoms in total. The normalized spacial score (nSPS) is 13.7. The van der Waals surface area contributed by atoms with E-state index in [1.54, 1.807) is 11.3 Å². The monoisotopic (exact) mass is 241 g/mol. The van der Waals surface area contributed by atoms with Crippen molar-refractivity contribution in [2.24, 2.45) is 0 Å². The van der Waals surface area contributed by atoms with Crippen molar-refractivity contribution in [3.63, 3.8) is 0 Å². The van der Waals surface area contributed by atoms with E-state index in [9.17, 15) is 0 Å². The first-order valence-corrected chi connectivity index (χ1v) is 6.70. The quantitative estimate of drug-likeness (QED) is 0.828. The van der Waals surface area contributed by atoms with Gasteiger partial charge in [-0.3, -0.25) is 0 Å². The van der Waals surface area contributed by atoms with Gasteiger partial charge in [0.05, 0.1) is 10.7 Å². The summed E-state index contributed by atoms with van der Waals surface area (Å²) in [6.07, 6.45) is 0. The summed E-state index contributed by atoms with van der Waals surface area (Å²) in [6, 6.07) is 0.559. The van der Waals surface area contributed by atoms with Crippen LogP contribution in [0.3, 0.4) is 0 Å². The molecule has 92 valence electrons. The summed E-state index contributed by atoms with van der Waals surface area (Å²) in [5.41, 5.74) is 1.17. The van der Waals surface area contributed by atoms with E-state index in [0.29, 0.717) is 12.0 Å². The van der Waals surface area contributed by atoms with Crippen LogP contribution in [0.15, 0.2) is 5.38 Å². The molecule has 0 aliphatic rings. The lowest BCUT2D eigenvalue weighted by Gasteiger charge is -2.19. The molecule has 1 unspecified atom stereocenters. The first-order chi connectivity index (χ1) is 7.50. The summed E-state index contributed by atoms with van der Waals surface area (Å²) in [4.78, 5) is 6.81. The van der Waals surface area contributed by atoms with Crippen LogP contribution in [0.1, 0.15) is 37.4 Å². The topological polar surface area (TPSA) is 28.2 Å². The molecule has 0 saturated carbocycles. The molecule has 1 atom stereocenters. The predicted molar refractivity (Wildman–Crippen MR) is 71.1 cm³/mol. The molecule has 1 rings (SSSR count). The first kappa shape index (κ1) is 13.6. The summed E-state index contributed by atoms with van der Waals surface area (Å²) < 4.78 is 0. The Kier molecular flexibility index (Phi) is 5.38. The minimum absolute atomic E-state index is 0.541. The fourth-order valence-corrected chi connectivity index (χ4v) is 2.10. The number of nitrogens with zero attached hydrogens (tertiary/aromatic N) is 2. The van der Waals surface area contributed by atoms with Crippen LogP contribution in [0.25, 0.3) is 0 Å². The Morgan fingerprint density at radius 2 is 2.06 bits per heavy atom. The molecule has 0 aromatic carbocycles. The Bertz CT molecular complexity index is 307. The minimum Gasteiger partial charge on any atom is -0.310 e. The van der Waals surface area contributed by atoms with Gasteiger partial charge in [0, 0.05) is 30.4 Å². The lowest BCUT2D eigenvalue weighted by atomic mass is 10.2. The van der Waals surface area contributed by atoms with Gasteiger partial charge in [-0.15, -0.1) is 11.3 Å². The van der Waals surface area contributed by atoms with Crippen molar-refractivity contribution in [2.45, 2.75) is 39.3 Å². The maximum Gasteiger partial charge on any atom is 0.0954 e. The first-order valence-electron chi connectivity index (χ1n) is 5.82. The van der Waals surface area contributed by atoms with E-state index in [1.165, 1.54) is 10.7 Å². The second-order valence-corrected chi connectivity index (χ2v) is 5.66. The van der Waals surface area contributed by atoms with E-state index in [-0.39, 0.29) is 0 Å². The number of hydrogen-bond donors (Lipinski definition) is 1. The molecule has 1 aromatic heterocycles. The number of nitrogens with one attached hydrogen (secondary N) is 1. The van der Waals surface area contributed by atoms with E-state index < -0.39 is 0 Å². The summed E-state index contributed by atoms with van der Waals surface area (Å²) >= 11 is 1.76. The van der Waals surface area contributed by atoms with Crippen molar-refractivity contribution in [1.82, 2.24) is 15.2 Å². The number of thiazole rings is 1. The van der Waals surface area contributed by atoms with Gasteiger partial charge in [-0.1, -0.05) is 13.8 Å². The Morgan fingerprint density at radius 3 is 2.56 bits per heavy atom. The number of aromatic nitrogens is 1.